The monoisotopic (exact) mass is 357 g/mol. The summed E-state index contributed by atoms with van der Waals surface area (Å²) in [6.07, 6.45) is 0.916. The highest BCUT2D eigenvalue weighted by atomic mass is 32.2. The second-order valence-corrected chi connectivity index (χ2v) is 7.19. The predicted octanol–water partition coefficient (Wildman–Crippen LogP) is 5.21. The Morgan fingerprint density at radius 3 is 2.52 bits per heavy atom. The average Bonchev–Trinajstić information content (AvgIpc) is 2.62. The van der Waals surface area contributed by atoms with Gasteiger partial charge in [-0.3, -0.25) is 4.79 Å². The SMILES string of the molecule is CCOc1ccc(C(=O)N[C@@H](C)CC)cc1CSc1ccc(C)cc1. The Morgan fingerprint density at radius 1 is 1.16 bits per heavy atom. The van der Waals surface area contributed by atoms with Crippen molar-refractivity contribution >= 4 is 17.7 Å². The van der Waals surface area contributed by atoms with Crippen LogP contribution in [0.1, 0.15) is 48.7 Å². The minimum Gasteiger partial charge on any atom is -0.494 e. The summed E-state index contributed by atoms with van der Waals surface area (Å²) in [5.41, 5.74) is 2.98. The highest BCUT2D eigenvalue weighted by molar-refractivity contribution is 7.98. The van der Waals surface area contributed by atoms with E-state index in [1.807, 2.05) is 32.0 Å². The molecule has 2 rings (SSSR count). The molecule has 0 aliphatic heterocycles. The van der Waals surface area contributed by atoms with Crippen molar-refractivity contribution in [2.75, 3.05) is 6.61 Å². The van der Waals surface area contributed by atoms with E-state index in [2.05, 4.69) is 43.4 Å². The van der Waals surface area contributed by atoms with Crippen LogP contribution in [0.2, 0.25) is 0 Å². The molecule has 4 heteroatoms. The Labute approximate surface area is 155 Å². The maximum atomic E-state index is 12.4. The molecule has 134 valence electrons. The summed E-state index contributed by atoms with van der Waals surface area (Å²) in [4.78, 5) is 13.6. The molecule has 0 heterocycles. The van der Waals surface area contributed by atoms with Gasteiger partial charge in [-0.2, -0.15) is 0 Å². The zero-order valence-electron chi connectivity index (χ0n) is 15.5. The number of ether oxygens (including phenoxy) is 1. The maximum absolute atomic E-state index is 12.4. The van der Waals surface area contributed by atoms with Crippen LogP contribution in [0, 0.1) is 6.92 Å². The van der Waals surface area contributed by atoms with Gasteiger partial charge in [-0.15, -0.1) is 11.8 Å². The number of carbonyl (C=O) groups is 1. The number of rotatable bonds is 8. The highest BCUT2D eigenvalue weighted by Crippen LogP contribution is 2.29. The van der Waals surface area contributed by atoms with Crippen LogP contribution in [0.5, 0.6) is 5.75 Å². The Bertz CT molecular complexity index is 698. The third-order valence-corrected chi connectivity index (χ3v) is 5.09. The lowest BCUT2D eigenvalue weighted by Crippen LogP contribution is -2.31. The molecule has 0 unspecified atom stereocenters. The molecule has 0 aromatic heterocycles. The molecule has 2 aromatic rings. The second-order valence-electron chi connectivity index (χ2n) is 6.14. The van der Waals surface area contributed by atoms with Crippen LogP contribution in [0.3, 0.4) is 0 Å². The fraction of sp³-hybridized carbons (Fsp3) is 0.381. The molecule has 0 aliphatic carbocycles. The van der Waals surface area contributed by atoms with Gasteiger partial charge in [-0.1, -0.05) is 24.6 Å². The van der Waals surface area contributed by atoms with Crippen molar-refractivity contribution in [2.24, 2.45) is 0 Å². The van der Waals surface area contributed by atoms with Gasteiger partial charge in [0, 0.05) is 27.8 Å². The predicted molar refractivity (Wildman–Crippen MR) is 106 cm³/mol. The number of nitrogens with one attached hydrogen (secondary N) is 1. The summed E-state index contributed by atoms with van der Waals surface area (Å²) in [5.74, 6) is 1.59. The third kappa shape index (κ3) is 5.82. The van der Waals surface area contributed by atoms with Crippen LogP contribution in [0.15, 0.2) is 47.4 Å². The van der Waals surface area contributed by atoms with Crippen LogP contribution in [0.4, 0.5) is 0 Å². The van der Waals surface area contributed by atoms with Crippen LogP contribution >= 0.6 is 11.8 Å². The molecule has 0 bridgehead atoms. The molecule has 0 radical (unpaired) electrons. The summed E-state index contributed by atoms with van der Waals surface area (Å²) in [5, 5.41) is 3.02. The summed E-state index contributed by atoms with van der Waals surface area (Å²) >= 11 is 1.75. The quantitative estimate of drug-likeness (QED) is 0.659. The zero-order chi connectivity index (χ0) is 18.2. The lowest BCUT2D eigenvalue weighted by molar-refractivity contribution is 0.0939. The summed E-state index contributed by atoms with van der Waals surface area (Å²) in [6, 6.07) is 14.3. The van der Waals surface area contributed by atoms with Crippen molar-refractivity contribution in [1.82, 2.24) is 5.32 Å². The van der Waals surface area contributed by atoms with Crippen LogP contribution < -0.4 is 10.1 Å². The summed E-state index contributed by atoms with van der Waals surface area (Å²) in [7, 11) is 0. The molecular weight excluding hydrogens is 330 g/mol. The Balaban J connectivity index is 2.16. The third-order valence-electron chi connectivity index (χ3n) is 4.03. The first-order valence-corrected chi connectivity index (χ1v) is 9.78. The molecule has 0 fully saturated rings. The molecule has 1 atom stereocenters. The minimum absolute atomic E-state index is 0.0287. The van der Waals surface area contributed by atoms with Crippen molar-refractivity contribution in [3.05, 3.63) is 59.2 Å². The fourth-order valence-electron chi connectivity index (χ4n) is 2.33. The van der Waals surface area contributed by atoms with Gasteiger partial charge in [0.2, 0.25) is 0 Å². The zero-order valence-corrected chi connectivity index (χ0v) is 16.3. The normalized spacial score (nSPS) is 11.8. The number of amides is 1. The average molecular weight is 358 g/mol. The minimum atomic E-state index is -0.0287. The molecule has 25 heavy (non-hydrogen) atoms. The van der Waals surface area contributed by atoms with Gasteiger partial charge in [0.05, 0.1) is 6.61 Å². The Kier molecular flexibility index (Phi) is 7.38. The standard InChI is InChI=1S/C21H27NO2S/c1-5-16(4)22-21(23)17-9-12-20(24-6-2)18(13-17)14-25-19-10-7-15(3)8-11-19/h7-13,16H,5-6,14H2,1-4H3,(H,22,23)/t16-/m0/s1. The van der Waals surface area contributed by atoms with E-state index in [-0.39, 0.29) is 11.9 Å². The molecule has 0 saturated carbocycles. The first kappa shape index (κ1) is 19.4. The van der Waals surface area contributed by atoms with Gasteiger partial charge >= 0.3 is 0 Å². The number of thioether (sulfide) groups is 1. The number of aryl methyl sites for hydroxylation is 1. The van der Waals surface area contributed by atoms with Gasteiger partial charge in [-0.25, -0.2) is 0 Å². The fourth-order valence-corrected chi connectivity index (χ4v) is 3.21. The number of carbonyl (C=O) groups excluding carboxylic acids is 1. The van der Waals surface area contributed by atoms with Gasteiger partial charge in [0.15, 0.2) is 0 Å². The number of hydrogen-bond acceptors (Lipinski definition) is 3. The molecule has 1 amide bonds. The molecular formula is C21H27NO2S. The topological polar surface area (TPSA) is 38.3 Å². The molecule has 0 spiro atoms. The van der Waals surface area contributed by atoms with Crippen molar-refractivity contribution in [3.8, 4) is 5.75 Å². The molecule has 3 nitrogen and oxygen atoms in total. The van der Waals surface area contributed by atoms with Gasteiger partial charge in [0.1, 0.15) is 5.75 Å². The maximum Gasteiger partial charge on any atom is 0.251 e. The Hall–Kier alpha value is -1.94. The summed E-state index contributed by atoms with van der Waals surface area (Å²) in [6.45, 7) is 8.75. The number of benzene rings is 2. The summed E-state index contributed by atoms with van der Waals surface area (Å²) < 4.78 is 5.74. The van der Waals surface area contributed by atoms with Gasteiger partial charge < -0.3 is 10.1 Å². The molecule has 0 saturated heterocycles. The number of hydrogen-bond donors (Lipinski definition) is 1. The van der Waals surface area contributed by atoms with Gasteiger partial charge in [0.25, 0.3) is 5.91 Å². The van der Waals surface area contributed by atoms with Crippen molar-refractivity contribution < 1.29 is 9.53 Å². The van der Waals surface area contributed by atoms with Gasteiger partial charge in [-0.05, 0) is 57.5 Å². The lowest BCUT2D eigenvalue weighted by Gasteiger charge is -2.14. The van der Waals surface area contributed by atoms with E-state index in [0.29, 0.717) is 12.2 Å². The van der Waals surface area contributed by atoms with E-state index in [4.69, 9.17) is 4.74 Å². The lowest BCUT2D eigenvalue weighted by atomic mass is 10.1. The largest absolute Gasteiger partial charge is 0.494 e. The van der Waals surface area contributed by atoms with E-state index in [1.54, 1.807) is 11.8 Å². The van der Waals surface area contributed by atoms with E-state index in [1.165, 1.54) is 10.5 Å². The molecule has 2 aromatic carbocycles. The molecule has 1 N–H and O–H groups in total. The highest BCUT2D eigenvalue weighted by Gasteiger charge is 2.12. The first-order chi connectivity index (χ1) is 12.0. The van der Waals surface area contributed by atoms with Crippen LogP contribution in [-0.2, 0) is 5.75 Å². The van der Waals surface area contributed by atoms with E-state index in [0.717, 1.165) is 23.5 Å². The van der Waals surface area contributed by atoms with E-state index >= 15 is 0 Å². The van der Waals surface area contributed by atoms with Crippen molar-refractivity contribution in [3.63, 3.8) is 0 Å². The van der Waals surface area contributed by atoms with Crippen LogP contribution in [-0.4, -0.2) is 18.6 Å². The second kappa shape index (κ2) is 9.52. The molecule has 0 aliphatic rings. The Morgan fingerprint density at radius 2 is 1.88 bits per heavy atom. The van der Waals surface area contributed by atoms with Crippen molar-refractivity contribution in [1.29, 1.82) is 0 Å². The van der Waals surface area contributed by atoms with Crippen molar-refractivity contribution in [2.45, 2.75) is 50.8 Å². The van der Waals surface area contributed by atoms with E-state index in [9.17, 15) is 4.79 Å². The smallest absolute Gasteiger partial charge is 0.251 e. The first-order valence-electron chi connectivity index (χ1n) is 8.79. The van der Waals surface area contributed by atoms with E-state index < -0.39 is 0 Å². The van der Waals surface area contributed by atoms with Crippen LogP contribution in [0.25, 0.3) is 0 Å².